The first kappa shape index (κ1) is 28.0. The molecule has 0 spiro atoms. The molecule has 2 aromatic rings. The van der Waals surface area contributed by atoms with Gasteiger partial charge >= 0.3 is 0 Å². The van der Waals surface area contributed by atoms with Crippen molar-refractivity contribution in [1.29, 1.82) is 0 Å². The van der Waals surface area contributed by atoms with E-state index in [1.165, 1.54) is 36.8 Å². The van der Waals surface area contributed by atoms with Crippen LogP contribution in [0.2, 0.25) is 10.0 Å². The van der Waals surface area contributed by atoms with E-state index in [1.807, 2.05) is 24.3 Å². The van der Waals surface area contributed by atoms with E-state index in [4.69, 9.17) is 23.2 Å². The van der Waals surface area contributed by atoms with Crippen LogP contribution in [0.15, 0.2) is 59.7 Å². The minimum atomic E-state index is 0.362. The van der Waals surface area contributed by atoms with Gasteiger partial charge in [-0.15, -0.1) is 0 Å². The fraction of sp³-hybridized carbons (Fsp3) is 0.529. The first-order chi connectivity index (χ1) is 18.1. The average molecular weight is 552 g/mol. The summed E-state index contributed by atoms with van der Waals surface area (Å²) in [5.74, 6) is 0. The number of piperazine rings is 1. The Morgan fingerprint density at radius 3 is 1.26 bits per heavy atom. The first-order valence-corrected chi connectivity index (χ1v) is 15.2. The Labute approximate surface area is 240 Å². The SMILES string of the molecule is CC1(C)CCC(CN2CCN(CC3=C(c4ccc(Cl)cc4)CC(C)(C)CC3)CC2)=C(c2ccc(Cl)cc2)C1. The molecular weight excluding hydrogens is 507 g/mol. The van der Waals surface area contributed by atoms with E-state index in [0.29, 0.717) is 10.8 Å². The zero-order chi connectivity index (χ0) is 26.9. The Bertz CT molecular complexity index is 1080. The van der Waals surface area contributed by atoms with Crippen LogP contribution >= 0.6 is 23.2 Å². The molecule has 1 heterocycles. The molecule has 0 N–H and O–H groups in total. The molecule has 0 saturated carbocycles. The maximum absolute atomic E-state index is 6.21. The van der Waals surface area contributed by atoms with Crippen molar-refractivity contribution in [1.82, 2.24) is 9.80 Å². The van der Waals surface area contributed by atoms with Crippen LogP contribution in [0.25, 0.3) is 11.1 Å². The van der Waals surface area contributed by atoms with Crippen LogP contribution < -0.4 is 0 Å². The van der Waals surface area contributed by atoms with Gasteiger partial charge in [0.2, 0.25) is 0 Å². The van der Waals surface area contributed by atoms with E-state index in [9.17, 15) is 0 Å². The van der Waals surface area contributed by atoms with Gasteiger partial charge in [0.25, 0.3) is 0 Å². The van der Waals surface area contributed by atoms with Gasteiger partial charge in [-0.1, -0.05) is 86.3 Å². The minimum Gasteiger partial charge on any atom is -0.297 e. The molecule has 0 aromatic heterocycles. The monoisotopic (exact) mass is 550 g/mol. The number of benzene rings is 2. The van der Waals surface area contributed by atoms with Crippen molar-refractivity contribution < 1.29 is 0 Å². The standard InChI is InChI=1S/C34H44Cl2N2/c1-33(2)15-13-27(31(21-33)25-5-9-29(35)10-6-25)23-37-17-19-38(20-18-37)24-28-14-16-34(3,4)22-32(28)26-7-11-30(36)12-8-26/h5-12H,13-24H2,1-4H3. The van der Waals surface area contributed by atoms with Crippen molar-refractivity contribution in [2.75, 3.05) is 39.3 Å². The topological polar surface area (TPSA) is 6.48 Å². The number of rotatable bonds is 6. The number of hydrogen-bond donors (Lipinski definition) is 0. The molecule has 0 bridgehead atoms. The fourth-order valence-electron chi connectivity index (χ4n) is 6.57. The molecular formula is C34H44Cl2N2. The summed E-state index contributed by atoms with van der Waals surface area (Å²) >= 11 is 12.4. The second-order valence-corrected chi connectivity index (χ2v) is 14.3. The largest absolute Gasteiger partial charge is 0.297 e. The van der Waals surface area contributed by atoms with Crippen molar-refractivity contribution in [3.05, 3.63) is 80.8 Å². The summed E-state index contributed by atoms with van der Waals surface area (Å²) < 4.78 is 0. The number of halogens is 2. The van der Waals surface area contributed by atoms with Gasteiger partial charge in [-0.05, 0) is 95.9 Å². The molecule has 1 aliphatic heterocycles. The highest BCUT2D eigenvalue weighted by molar-refractivity contribution is 6.30. The Morgan fingerprint density at radius 2 is 0.921 bits per heavy atom. The second-order valence-electron chi connectivity index (χ2n) is 13.4. The molecule has 3 aliphatic rings. The van der Waals surface area contributed by atoms with Crippen LogP contribution in [0.1, 0.15) is 77.3 Å². The summed E-state index contributed by atoms with van der Waals surface area (Å²) in [7, 11) is 0. The smallest absolute Gasteiger partial charge is 0.0406 e. The van der Waals surface area contributed by atoms with Crippen LogP contribution in [0.5, 0.6) is 0 Å². The summed E-state index contributed by atoms with van der Waals surface area (Å²) in [6.45, 7) is 16.5. The highest BCUT2D eigenvalue weighted by Gasteiger charge is 2.31. The van der Waals surface area contributed by atoms with Gasteiger partial charge in [-0.2, -0.15) is 0 Å². The van der Waals surface area contributed by atoms with Gasteiger partial charge in [0, 0.05) is 49.3 Å². The molecule has 0 atom stereocenters. The van der Waals surface area contributed by atoms with Crippen molar-refractivity contribution in [3.8, 4) is 0 Å². The van der Waals surface area contributed by atoms with E-state index in [0.717, 1.165) is 62.2 Å². The summed E-state index contributed by atoms with van der Waals surface area (Å²) in [5.41, 5.74) is 9.84. The molecule has 1 saturated heterocycles. The van der Waals surface area contributed by atoms with Gasteiger partial charge in [0.05, 0.1) is 0 Å². The molecule has 5 rings (SSSR count). The Kier molecular flexibility index (Phi) is 8.46. The molecule has 2 aromatic carbocycles. The average Bonchev–Trinajstić information content (AvgIpc) is 2.88. The summed E-state index contributed by atoms with van der Waals surface area (Å²) in [5, 5.41) is 1.64. The highest BCUT2D eigenvalue weighted by Crippen LogP contribution is 2.44. The van der Waals surface area contributed by atoms with E-state index >= 15 is 0 Å². The molecule has 204 valence electrons. The van der Waals surface area contributed by atoms with E-state index in [1.54, 1.807) is 22.3 Å². The fourth-order valence-corrected chi connectivity index (χ4v) is 6.83. The zero-order valence-electron chi connectivity index (χ0n) is 23.8. The zero-order valence-corrected chi connectivity index (χ0v) is 25.3. The molecule has 2 nitrogen and oxygen atoms in total. The van der Waals surface area contributed by atoms with Crippen molar-refractivity contribution in [2.45, 2.75) is 66.2 Å². The maximum atomic E-state index is 6.21. The van der Waals surface area contributed by atoms with Crippen molar-refractivity contribution in [2.24, 2.45) is 10.8 Å². The highest BCUT2D eigenvalue weighted by atomic mass is 35.5. The minimum absolute atomic E-state index is 0.362. The van der Waals surface area contributed by atoms with Gasteiger partial charge < -0.3 is 0 Å². The van der Waals surface area contributed by atoms with Crippen LogP contribution in [0.3, 0.4) is 0 Å². The van der Waals surface area contributed by atoms with Crippen LogP contribution in [-0.2, 0) is 0 Å². The predicted octanol–water partition coefficient (Wildman–Crippen LogP) is 9.24. The lowest BCUT2D eigenvalue weighted by Gasteiger charge is -2.40. The summed E-state index contributed by atoms with van der Waals surface area (Å²) in [6, 6.07) is 17.0. The van der Waals surface area contributed by atoms with E-state index in [-0.39, 0.29) is 0 Å². The lowest BCUT2D eigenvalue weighted by atomic mass is 9.72. The van der Waals surface area contributed by atoms with Crippen LogP contribution in [0, 0.1) is 10.8 Å². The van der Waals surface area contributed by atoms with Gasteiger partial charge in [0.1, 0.15) is 0 Å². The Morgan fingerprint density at radius 1 is 0.579 bits per heavy atom. The molecule has 0 unspecified atom stereocenters. The maximum Gasteiger partial charge on any atom is 0.0406 e. The Hall–Kier alpha value is -1.58. The first-order valence-electron chi connectivity index (χ1n) is 14.5. The molecule has 1 fully saturated rings. The van der Waals surface area contributed by atoms with Crippen molar-refractivity contribution in [3.63, 3.8) is 0 Å². The third kappa shape index (κ3) is 6.94. The molecule has 38 heavy (non-hydrogen) atoms. The molecule has 0 radical (unpaired) electrons. The quantitative estimate of drug-likeness (QED) is 0.353. The lowest BCUT2D eigenvalue weighted by Crippen LogP contribution is -2.47. The third-order valence-electron chi connectivity index (χ3n) is 9.05. The molecule has 4 heteroatoms. The van der Waals surface area contributed by atoms with Gasteiger partial charge in [0.15, 0.2) is 0 Å². The van der Waals surface area contributed by atoms with Gasteiger partial charge in [-0.3, -0.25) is 9.80 Å². The van der Waals surface area contributed by atoms with Crippen LogP contribution in [0.4, 0.5) is 0 Å². The summed E-state index contributed by atoms with van der Waals surface area (Å²) in [6.07, 6.45) is 7.27. The van der Waals surface area contributed by atoms with Gasteiger partial charge in [-0.25, -0.2) is 0 Å². The van der Waals surface area contributed by atoms with E-state index in [2.05, 4.69) is 61.8 Å². The molecule has 2 aliphatic carbocycles. The second kappa shape index (κ2) is 11.5. The number of nitrogens with zero attached hydrogens (tertiary/aromatic N) is 2. The summed E-state index contributed by atoms with van der Waals surface area (Å²) in [4.78, 5) is 5.39. The van der Waals surface area contributed by atoms with E-state index < -0.39 is 0 Å². The number of hydrogen-bond acceptors (Lipinski definition) is 2. The molecule has 0 amide bonds. The van der Waals surface area contributed by atoms with Crippen molar-refractivity contribution >= 4 is 34.3 Å². The number of allylic oxidation sites excluding steroid dienone is 2. The van der Waals surface area contributed by atoms with Crippen LogP contribution in [-0.4, -0.2) is 49.1 Å². The lowest BCUT2D eigenvalue weighted by molar-refractivity contribution is 0.145. The third-order valence-corrected chi connectivity index (χ3v) is 9.55. The normalized spacial score (nSPS) is 22.7. The Balaban J connectivity index is 1.26. The predicted molar refractivity (Wildman–Crippen MR) is 165 cm³/mol.